The normalized spacial score (nSPS) is 11.3. The van der Waals surface area contributed by atoms with Gasteiger partial charge in [0.15, 0.2) is 0 Å². The maximum absolute atomic E-state index is 6.19. The first-order valence-electron chi connectivity index (χ1n) is 18.4. The molecule has 0 atom stereocenters. The van der Waals surface area contributed by atoms with Crippen molar-refractivity contribution in [2.75, 3.05) is 4.90 Å². The molecule has 2 nitrogen and oxygen atoms in total. The molecule has 0 unspecified atom stereocenters. The summed E-state index contributed by atoms with van der Waals surface area (Å²) in [5.74, 6) is 0.881. The second-order valence-corrected chi connectivity index (χ2v) is 13.8. The Morgan fingerprint density at radius 3 is 1.46 bits per heavy atom. The first-order chi connectivity index (χ1) is 26.7. The molecule has 0 aliphatic heterocycles. The molecule has 0 N–H and O–H groups in total. The van der Waals surface area contributed by atoms with E-state index in [1.165, 1.54) is 49.4 Å². The number of hydrogen-bond donors (Lipinski definition) is 0. The lowest BCUT2D eigenvalue weighted by Gasteiger charge is -2.26. The van der Waals surface area contributed by atoms with Gasteiger partial charge < -0.3 is 9.32 Å². The molecule has 1 aromatic heterocycles. The van der Waals surface area contributed by atoms with Crippen LogP contribution < -0.4 is 4.90 Å². The lowest BCUT2D eigenvalue weighted by Crippen LogP contribution is -2.09. The molecule has 0 saturated heterocycles. The molecule has 0 aliphatic carbocycles. The molecule has 0 radical (unpaired) electrons. The Labute approximate surface area is 314 Å². The summed E-state index contributed by atoms with van der Waals surface area (Å²) in [6, 6.07) is 76.0. The molecule has 0 fully saturated rings. The van der Waals surface area contributed by atoms with Crippen LogP contribution in [0.5, 0.6) is 0 Å². The van der Waals surface area contributed by atoms with Crippen LogP contribution in [-0.2, 0) is 0 Å². The van der Waals surface area contributed by atoms with Crippen LogP contribution in [-0.4, -0.2) is 0 Å². The molecule has 0 spiro atoms. The maximum Gasteiger partial charge on any atom is 0.135 e. The van der Waals surface area contributed by atoms with Crippen molar-refractivity contribution in [3.63, 3.8) is 0 Å². The van der Waals surface area contributed by atoms with Gasteiger partial charge in [-0.05, 0) is 122 Å². The van der Waals surface area contributed by atoms with E-state index in [1.807, 2.05) is 18.2 Å². The first-order valence-corrected chi connectivity index (χ1v) is 18.4. The number of rotatable bonds is 7. The highest BCUT2D eigenvalue weighted by Crippen LogP contribution is 2.39. The van der Waals surface area contributed by atoms with Crippen LogP contribution in [0.3, 0.4) is 0 Å². The van der Waals surface area contributed by atoms with Gasteiger partial charge in [-0.2, -0.15) is 0 Å². The second-order valence-electron chi connectivity index (χ2n) is 13.8. The van der Waals surface area contributed by atoms with Gasteiger partial charge in [0.25, 0.3) is 0 Å². The van der Waals surface area contributed by atoms with E-state index in [-0.39, 0.29) is 0 Å². The third-order valence-corrected chi connectivity index (χ3v) is 10.4. The van der Waals surface area contributed by atoms with Crippen LogP contribution in [0.1, 0.15) is 0 Å². The van der Waals surface area contributed by atoms with Gasteiger partial charge in [-0.1, -0.05) is 146 Å². The Balaban J connectivity index is 1.01. The summed E-state index contributed by atoms with van der Waals surface area (Å²) in [6.07, 6.45) is 0. The molecule has 2 heteroatoms. The molecule has 1 heterocycles. The fourth-order valence-corrected chi connectivity index (χ4v) is 7.60. The van der Waals surface area contributed by atoms with E-state index >= 15 is 0 Å². The van der Waals surface area contributed by atoms with Gasteiger partial charge in [0.2, 0.25) is 0 Å². The van der Waals surface area contributed by atoms with Crippen LogP contribution in [0, 0.1) is 0 Å². The largest absolute Gasteiger partial charge is 0.456 e. The highest BCUT2D eigenvalue weighted by Gasteiger charge is 2.15. The fourth-order valence-electron chi connectivity index (χ4n) is 7.60. The SMILES string of the molecule is c1ccc(-c2cccc(-c3ccc(N(c4ccc5ccccc5c4)c4ccc5cc(-c6cccc(-c7cc8ccccc8o7)c6)ccc5c4)cc3)c2)cc1. The highest BCUT2D eigenvalue weighted by atomic mass is 16.3. The number of nitrogens with zero attached hydrogens (tertiary/aromatic N) is 1. The topological polar surface area (TPSA) is 16.4 Å². The van der Waals surface area contributed by atoms with E-state index in [9.17, 15) is 0 Å². The standard InChI is InChI=1S/C52H35NO/c1-2-10-36(11-3-1)39-15-8-16-40(30-39)38-22-26-48(27-23-38)53(49-28-24-37-12-4-5-13-42(37)33-49)50-29-25-44-31-43(20-21-45(44)34-50)41-17-9-18-46(32-41)52-35-47-14-6-7-19-51(47)54-52/h1-35H. The summed E-state index contributed by atoms with van der Waals surface area (Å²) in [6.45, 7) is 0. The van der Waals surface area contributed by atoms with Crippen molar-refractivity contribution in [3.8, 4) is 44.7 Å². The number of furan rings is 1. The van der Waals surface area contributed by atoms with E-state index in [4.69, 9.17) is 4.42 Å². The number of anilines is 3. The molecular formula is C52H35NO. The van der Waals surface area contributed by atoms with Crippen molar-refractivity contribution in [1.82, 2.24) is 0 Å². The van der Waals surface area contributed by atoms with Crippen LogP contribution in [0.25, 0.3) is 77.2 Å². The summed E-state index contributed by atoms with van der Waals surface area (Å²) in [5, 5.41) is 5.93. The van der Waals surface area contributed by atoms with Crippen molar-refractivity contribution in [3.05, 3.63) is 212 Å². The van der Waals surface area contributed by atoms with E-state index in [0.717, 1.165) is 44.9 Å². The molecule has 0 bridgehead atoms. The smallest absolute Gasteiger partial charge is 0.135 e. The highest BCUT2D eigenvalue weighted by molar-refractivity contribution is 5.94. The predicted octanol–water partition coefficient (Wildman–Crippen LogP) is 14.9. The maximum atomic E-state index is 6.19. The summed E-state index contributed by atoms with van der Waals surface area (Å²) in [4.78, 5) is 2.36. The molecule has 9 aromatic carbocycles. The average Bonchev–Trinajstić information content (AvgIpc) is 3.69. The van der Waals surface area contributed by atoms with Crippen molar-refractivity contribution < 1.29 is 4.42 Å². The molecule has 10 rings (SSSR count). The Morgan fingerprint density at radius 2 is 0.722 bits per heavy atom. The van der Waals surface area contributed by atoms with Gasteiger partial charge in [0.1, 0.15) is 11.3 Å². The number of hydrogen-bond acceptors (Lipinski definition) is 2. The fraction of sp³-hybridized carbons (Fsp3) is 0. The first kappa shape index (κ1) is 31.6. The summed E-state index contributed by atoms with van der Waals surface area (Å²) in [7, 11) is 0. The zero-order chi connectivity index (χ0) is 35.8. The zero-order valence-corrected chi connectivity index (χ0v) is 29.6. The summed E-state index contributed by atoms with van der Waals surface area (Å²) < 4.78 is 6.19. The third-order valence-electron chi connectivity index (χ3n) is 10.4. The summed E-state index contributed by atoms with van der Waals surface area (Å²) >= 11 is 0. The molecule has 254 valence electrons. The van der Waals surface area contributed by atoms with Crippen molar-refractivity contribution in [1.29, 1.82) is 0 Å². The van der Waals surface area contributed by atoms with Crippen molar-refractivity contribution in [2.24, 2.45) is 0 Å². The minimum atomic E-state index is 0.881. The Bertz CT molecular complexity index is 2910. The molecule has 0 amide bonds. The summed E-state index contributed by atoms with van der Waals surface area (Å²) in [5.41, 5.74) is 12.5. The second kappa shape index (κ2) is 13.4. The van der Waals surface area contributed by atoms with Crippen molar-refractivity contribution in [2.45, 2.75) is 0 Å². The predicted molar refractivity (Wildman–Crippen MR) is 228 cm³/mol. The Hall–Kier alpha value is -7.16. The van der Waals surface area contributed by atoms with Crippen LogP contribution >= 0.6 is 0 Å². The molecule has 0 aliphatic rings. The number of benzene rings is 9. The quantitative estimate of drug-likeness (QED) is 0.166. The van der Waals surface area contributed by atoms with E-state index in [1.54, 1.807) is 0 Å². The third kappa shape index (κ3) is 6.00. The van der Waals surface area contributed by atoms with Crippen LogP contribution in [0.4, 0.5) is 17.1 Å². The van der Waals surface area contributed by atoms with Gasteiger partial charge in [-0.25, -0.2) is 0 Å². The molecular weight excluding hydrogens is 655 g/mol. The van der Waals surface area contributed by atoms with Gasteiger partial charge >= 0.3 is 0 Å². The lowest BCUT2D eigenvalue weighted by molar-refractivity contribution is 0.631. The minimum absolute atomic E-state index is 0.881. The van der Waals surface area contributed by atoms with E-state index in [2.05, 4.69) is 199 Å². The van der Waals surface area contributed by atoms with E-state index < -0.39 is 0 Å². The molecule has 10 aromatic rings. The van der Waals surface area contributed by atoms with E-state index in [0.29, 0.717) is 0 Å². The Morgan fingerprint density at radius 1 is 0.259 bits per heavy atom. The van der Waals surface area contributed by atoms with Crippen molar-refractivity contribution >= 4 is 49.6 Å². The van der Waals surface area contributed by atoms with Gasteiger partial charge in [0.05, 0.1) is 0 Å². The lowest BCUT2D eigenvalue weighted by atomic mass is 9.98. The molecule has 54 heavy (non-hydrogen) atoms. The van der Waals surface area contributed by atoms with Gasteiger partial charge in [-0.3, -0.25) is 0 Å². The van der Waals surface area contributed by atoms with Crippen LogP contribution in [0.15, 0.2) is 217 Å². The number of para-hydroxylation sites is 1. The zero-order valence-electron chi connectivity index (χ0n) is 29.6. The Kier molecular flexibility index (Phi) is 7.85. The van der Waals surface area contributed by atoms with Gasteiger partial charge in [0, 0.05) is 28.0 Å². The molecule has 0 saturated carbocycles. The van der Waals surface area contributed by atoms with Gasteiger partial charge in [-0.15, -0.1) is 0 Å². The van der Waals surface area contributed by atoms with Crippen LogP contribution in [0.2, 0.25) is 0 Å². The number of fused-ring (bicyclic) bond motifs is 3. The average molecular weight is 690 g/mol. The monoisotopic (exact) mass is 689 g/mol. The minimum Gasteiger partial charge on any atom is -0.456 e.